The molecule has 1 amide bonds. The van der Waals surface area contributed by atoms with Crippen molar-refractivity contribution in [1.29, 1.82) is 0 Å². The molecule has 116 valence electrons. The van der Waals surface area contributed by atoms with Crippen molar-refractivity contribution in [3.63, 3.8) is 0 Å². The number of ether oxygens (including phenoxy) is 1. The van der Waals surface area contributed by atoms with E-state index in [0.717, 1.165) is 11.1 Å². The fourth-order valence-corrected chi connectivity index (χ4v) is 2.17. The van der Waals surface area contributed by atoms with Crippen molar-refractivity contribution in [1.82, 2.24) is 0 Å². The second kappa shape index (κ2) is 6.28. The Balaban J connectivity index is 2.21. The summed E-state index contributed by atoms with van der Waals surface area (Å²) in [6.07, 6.45) is -0.515. The smallest absolute Gasteiger partial charge is 0.412 e. The van der Waals surface area contributed by atoms with Crippen molar-refractivity contribution in [2.75, 3.05) is 5.32 Å². The number of benzene rings is 2. The monoisotopic (exact) mass is 319 g/mol. The Morgan fingerprint density at radius 2 is 1.86 bits per heavy atom. The van der Waals surface area contributed by atoms with Gasteiger partial charge in [-0.2, -0.15) is 0 Å². The number of carbonyl (C=O) groups excluding carboxylic acids is 1. The molecule has 2 rings (SSSR count). The molecule has 0 spiro atoms. The number of halogens is 1. The van der Waals surface area contributed by atoms with E-state index in [-0.39, 0.29) is 5.75 Å². The molecule has 0 bridgehead atoms. The number of aromatic hydroxyl groups is 1. The zero-order chi connectivity index (χ0) is 16.3. The van der Waals surface area contributed by atoms with Crippen molar-refractivity contribution in [2.24, 2.45) is 0 Å². The summed E-state index contributed by atoms with van der Waals surface area (Å²) in [5.41, 5.74) is 1.64. The van der Waals surface area contributed by atoms with Crippen LogP contribution in [0.1, 0.15) is 20.8 Å². The minimum absolute atomic E-state index is 0.0907. The van der Waals surface area contributed by atoms with E-state index < -0.39 is 11.7 Å². The van der Waals surface area contributed by atoms with Crippen molar-refractivity contribution < 1.29 is 14.6 Å². The molecule has 22 heavy (non-hydrogen) atoms. The molecule has 2 N–H and O–H groups in total. The van der Waals surface area contributed by atoms with Crippen LogP contribution in [0, 0.1) is 0 Å². The third kappa shape index (κ3) is 4.67. The van der Waals surface area contributed by atoms with Gasteiger partial charge < -0.3 is 9.84 Å². The predicted molar refractivity (Wildman–Crippen MR) is 88.4 cm³/mol. The Kier molecular flexibility index (Phi) is 4.62. The summed E-state index contributed by atoms with van der Waals surface area (Å²) in [6, 6.07) is 12.0. The normalized spacial score (nSPS) is 11.1. The van der Waals surface area contributed by atoms with Gasteiger partial charge in [0.1, 0.15) is 11.4 Å². The number of phenols is 1. The SMILES string of the molecule is CC(C)(C)OC(=O)Nc1cccc(-c2cc(O)cc(Cl)c2)c1. The van der Waals surface area contributed by atoms with Gasteiger partial charge in [-0.3, -0.25) is 5.32 Å². The zero-order valence-corrected chi connectivity index (χ0v) is 13.4. The first-order valence-electron chi connectivity index (χ1n) is 6.83. The van der Waals surface area contributed by atoms with Crippen LogP contribution in [0.3, 0.4) is 0 Å². The van der Waals surface area contributed by atoms with Gasteiger partial charge in [0, 0.05) is 10.7 Å². The molecule has 0 aliphatic heterocycles. The van der Waals surface area contributed by atoms with E-state index in [9.17, 15) is 9.90 Å². The van der Waals surface area contributed by atoms with Gasteiger partial charge in [0.05, 0.1) is 0 Å². The molecule has 0 radical (unpaired) electrons. The van der Waals surface area contributed by atoms with Crippen molar-refractivity contribution in [3.05, 3.63) is 47.5 Å². The Morgan fingerprint density at radius 1 is 1.14 bits per heavy atom. The first-order chi connectivity index (χ1) is 10.2. The lowest BCUT2D eigenvalue weighted by atomic mass is 10.0. The summed E-state index contributed by atoms with van der Waals surface area (Å²) in [6.45, 7) is 5.41. The van der Waals surface area contributed by atoms with Crippen LogP contribution in [-0.2, 0) is 4.74 Å². The summed E-state index contributed by atoms with van der Waals surface area (Å²) < 4.78 is 5.21. The molecule has 2 aromatic rings. The molecule has 4 nitrogen and oxygen atoms in total. The minimum atomic E-state index is -0.555. The van der Waals surface area contributed by atoms with Crippen LogP contribution in [0.15, 0.2) is 42.5 Å². The number of rotatable bonds is 2. The van der Waals surface area contributed by atoms with Gasteiger partial charge in [-0.1, -0.05) is 23.7 Å². The largest absolute Gasteiger partial charge is 0.508 e. The highest BCUT2D eigenvalue weighted by molar-refractivity contribution is 6.31. The predicted octanol–water partition coefficient (Wildman–Crippen LogP) is 5.06. The number of amides is 1. The van der Waals surface area contributed by atoms with E-state index in [4.69, 9.17) is 16.3 Å². The van der Waals surface area contributed by atoms with Crippen LogP contribution in [0.4, 0.5) is 10.5 Å². The lowest BCUT2D eigenvalue weighted by molar-refractivity contribution is 0.0636. The third-order valence-electron chi connectivity index (χ3n) is 2.72. The quantitative estimate of drug-likeness (QED) is 0.813. The fraction of sp³-hybridized carbons (Fsp3) is 0.235. The number of hydrogen-bond donors (Lipinski definition) is 2. The van der Waals surface area contributed by atoms with Crippen LogP contribution in [0.25, 0.3) is 11.1 Å². The Bertz CT molecular complexity index is 672. The van der Waals surface area contributed by atoms with Gasteiger partial charge in [-0.25, -0.2) is 4.79 Å². The second-order valence-corrected chi connectivity index (χ2v) is 6.34. The molecular weight excluding hydrogens is 302 g/mol. The average molecular weight is 320 g/mol. The van der Waals surface area contributed by atoms with E-state index >= 15 is 0 Å². The molecule has 0 saturated heterocycles. The maximum atomic E-state index is 11.8. The maximum absolute atomic E-state index is 11.8. The standard InChI is InChI=1S/C17H18ClNO3/c1-17(2,3)22-16(21)19-14-6-4-5-11(8-14)12-7-13(18)10-15(20)9-12/h4-10,20H,1-3H3,(H,19,21). The minimum Gasteiger partial charge on any atom is -0.508 e. The second-order valence-electron chi connectivity index (χ2n) is 5.91. The lowest BCUT2D eigenvalue weighted by Gasteiger charge is -2.19. The Morgan fingerprint density at radius 3 is 2.50 bits per heavy atom. The average Bonchev–Trinajstić information content (AvgIpc) is 2.35. The summed E-state index contributed by atoms with van der Waals surface area (Å²) in [4.78, 5) is 11.8. The fourth-order valence-electron chi connectivity index (χ4n) is 1.94. The van der Waals surface area contributed by atoms with Gasteiger partial charge in [0.15, 0.2) is 0 Å². The Labute approximate surface area is 134 Å². The van der Waals surface area contributed by atoms with E-state index in [2.05, 4.69) is 5.32 Å². The van der Waals surface area contributed by atoms with Crippen LogP contribution in [0.2, 0.25) is 5.02 Å². The molecule has 0 unspecified atom stereocenters. The molecule has 0 aliphatic carbocycles. The van der Waals surface area contributed by atoms with E-state index in [1.807, 2.05) is 6.07 Å². The first kappa shape index (κ1) is 16.2. The molecule has 2 aromatic carbocycles. The summed E-state index contributed by atoms with van der Waals surface area (Å²) in [5, 5.41) is 12.7. The molecule has 0 saturated carbocycles. The van der Waals surface area contributed by atoms with Crippen molar-refractivity contribution in [2.45, 2.75) is 26.4 Å². The highest BCUT2D eigenvalue weighted by Crippen LogP contribution is 2.29. The topological polar surface area (TPSA) is 58.6 Å². The number of carbonyl (C=O) groups is 1. The molecular formula is C17H18ClNO3. The van der Waals surface area contributed by atoms with Crippen molar-refractivity contribution >= 4 is 23.4 Å². The Hall–Kier alpha value is -2.20. The maximum Gasteiger partial charge on any atom is 0.412 e. The van der Waals surface area contributed by atoms with E-state index in [1.165, 1.54) is 6.07 Å². The van der Waals surface area contributed by atoms with Gasteiger partial charge in [-0.05, 0) is 62.2 Å². The molecule has 5 heteroatoms. The van der Waals surface area contributed by atoms with Gasteiger partial charge in [0.2, 0.25) is 0 Å². The number of nitrogens with one attached hydrogen (secondary N) is 1. The van der Waals surface area contributed by atoms with Gasteiger partial charge >= 0.3 is 6.09 Å². The van der Waals surface area contributed by atoms with Crippen LogP contribution in [-0.4, -0.2) is 16.8 Å². The first-order valence-corrected chi connectivity index (χ1v) is 7.21. The highest BCUT2D eigenvalue weighted by Gasteiger charge is 2.16. The van der Waals surface area contributed by atoms with E-state index in [0.29, 0.717) is 10.7 Å². The highest BCUT2D eigenvalue weighted by atomic mass is 35.5. The lowest BCUT2D eigenvalue weighted by Crippen LogP contribution is -2.27. The van der Waals surface area contributed by atoms with Crippen LogP contribution in [0.5, 0.6) is 5.75 Å². The van der Waals surface area contributed by atoms with Crippen LogP contribution < -0.4 is 5.32 Å². The third-order valence-corrected chi connectivity index (χ3v) is 2.94. The number of anilines is 1. The molecule has 0 fully saturated rings. The summed E-state index contributed by atoms with van der Waals surface area (Å²) in [5.74, 6) is 0.0907. The summed E-state index contributed by atoms with van der Waals surface area (Å²) >= 11 is 5.95. The van der Waals surface area contributed by atoms with Crippen molar-refractivity contribution in [3.8, 4) is 16.9 Å². The van der Waals surface area contributed by atoms with E-state index in [1.54, 1.807) is 51.1 Å². The molecule has 0 aliphatic rings. The summed E-state index contributed by atoms with van der Waals surface area (Å²) in [7, 11) is 0. The zero-order valence-electron chi connectivity index (χ0n) is 12.7. The number of phenolic OH excluding ortho intramolecular Hbond substituents is 1. The van der Waals surface area contributed by atoms with Crippen LogP contribution >= 0.6 is 11.6 Å². The molecule has 0 aromatic heterocycles. The van der Waals surface area contributed by atoms with Gasteiger partial charge in [-0.15, -0.1) is 0 Å². The molecule has 0 heterocycles. The van der Waals surface area contributed by atoms with Gasteiger partial charge in [0.25, 0.3) is 0 Å². The molecule has 0 atom stereocenters. The number of hydrogen-bond acceptors (Lipinski definition) is 3.